The predicted octanol–water partition coefficient (Wildman–Crippen LogP) is 2.64. The van der Waals surface area contributed by atoms with E-state index in [2.05, 4.69) is 22.2 Å². The van der Waals surface area contributed by atoms with E-state index in [4.69, 9.17) is 4.74 Å². The van der Waals surface area contributed by atoms with E-state index in [-0.39, 0.29) is 17.8 Å². The number of benzene rings is 1. The van der Waals surface area contributed by atoms with Gasteiger partial charge in [-0.3, -0.25) is 4.79 Å². The molecule has 2 heterocycles. The fourth-order valence-electron chi connectivity index (χ4n) is 2.72. The maximum absolute atomic E-state index is 11.6. The lowest BCUT2D eigenvalue weighted by Gasteiger charge is -2.18. The molecular formula is C17H19N3O2. The Bertz CT molecular complexity index is 716. The van der Waals surface area contributed by atoms with Gasteiger partial charge in [0.2, 0.25) is 0 Å². The fourth-order valence-corrected chi connectivity index (χ4v) is 2.72. The minimum absolute atomic E-state index is 0.218. The summed E-state index contributed by atoms with van der Waals surface area (Å²) in [5.41, 5.74) is 3.18. The molecule has 1 aromatic carbocycles. The number of aryl methyl sites for hydroxylation is 1. The number of fused-ring (bicyclic) bond motifs is 1. The summed E-state index contributed by atoms with van der Waals surface area (Å²) in [6, 6.07) is 8.07. The molecular weight excluding hydrogens is 278 g/mol. The van der Waals surface area contributed by atoms with Crippen LogP contribution in [0.4, 0.5) is 0 Å². The lowest BCUT2D eigenvalue weighted by atomic mass is 9.92. The number of esters is 1. The van der Waals surface area contributed by atoms with Crippen LogP contribution in [-0.2, 0) is 16.0 Å². The Morgan fingerprint density at radius 2 is 2.09 bits per heavy atom. The zero-order chi connectivity index (χ0) is 15.7. The molecule has 0 fully saturated rings. The highest BCUT2D eigenvalue weighted by atomic mass is 16.5. The first kappa shape index (κ1) is 14.5. The van der Waals surface area contributed by atoms with Crippen molar-refractivity contribution < 1.29 is 9.53 Å². The van der Waals surface area contributed by atoms with Gasteiger partial charge in [-0.2, -0.15) is 5.10 Å². The maximum Gasteiger partial charge on any atom is 0.312 e. The highest BCUT2D eigenvalue weighted by Crippen LogP contribution is 2.25. The summed E-state index contributed by atoms with van der Waals surface area (Å²) in [5, 5.41) is 4.46. The Morgan fingerprint density at radius 1 is 1.36 bits per heavy atom. The van der Waals surface area contributed by atoms with Crippen LogP contribution < -0.4 is 0 Å². The van der Waals surface area contributed by atoms with Crippen molar-refractivity contribution in [3.05, 3.63) is 53.1 Å². The predicted molar refractivity (Wildman–Crippen MR) is 84.2 cm³/mol. The van der Waals surface area contributed by atoms with Crippen molar-refractivity contribution >= 4 is 12.2 Å². The molecule has 0 saturated heterocycles. The van der Waals surface area contributed by atoms with E-state index in [1.807, 2.05) is 43.1 Å². The maximum atomic E-state index is 11.6. The van der Waals surface area contributed by atoms with Gasteiger partial charge >= 0.3 is 5.97 Å². The largest absolute Gasteiger partial charge is 0.469 e. The molecule has 114 valence electrons. The molecule has 3 rings (SSSR count). The van der Waals surface area contributed by atoms with Crippen molar-refractivity contribution in [2.45, 2.75) is 32.1 Å². The summed E-state index contributed by atoms with van der Waals surface area (Å²) in [7, 11) is 1.41. The van der Waals surface area contributed by atoms with Gasteiger partial charge in [0.15, 0.2) is 0 Å². The summed E-state index contributed by atoms with van der Waals surface area (Å²) >= 11 is 0. The molecule has 0 spiro atoms. The second kappa shape index (κ2) is 5.75. The average Bonchev–Trinajstić information content (AvgIpc) is 2.94. The lowest BCUT2D eigenvalue weighted by Crippen LogP contribution is -2.15. The van der Waals surface area contributed by atoms with E-state index >= 15 is 0 Å². The number of carbonyl (C=O) groups is 1. The van der Waals surface area contributed by atoms with Crippen molar-refractivity contribution in [3.8, 4) is 0 Å². The summed E-state index contributed by atoms with van der Waals surface area (Å²) in [5.74, 6) is 0.735. The van der Waals surface area contributed by atoms with Crippen molar-refractivity contribution in [2.24, 2.45) is 5.10 Å². The molecule has 1 aliphatic rings. The molecule has 0 saturated carbocycles. The molecule has 0 bridgehead atoms. The minimum Gasteiger partial charge on any atom is -0.469 e. The van der Waals surface area contributed by atoms with Gasteiger partial charge in [0, 0.05) is 18.6 Å². The number of aromatic nitrogens is 2. The standard InChI is InChI=1S/C17H19N3O2/c1-11-9-18-16-8-15(10-19-20(11)16)14-6-4-13(5-7-14)12(2)17(21)22-3/h4-7,9-10,12,15H,8H2,1-3H3. The third kappa shape index (κ3) is 2.54. The van der Waals surface area contributed by atoms with E-state index in [1.54, 1.807) is 0 Å². The summed E-state index contributed by atoms with van der Waals surface area (Å²) in [4.78, 5) is 16.0. The molecule has 2 unspecified atom stereocenters. The number of methoxy groups -OCH3 is 1. The van der Waals surface area contributed by atoms with Gasteiger partial charge in [-0.15, -0.1) is 0 Å². The summed E-state index contributed by atoms with van der Waals surface area (Å²) in [6.45, 7) is 3.85. The Balaban J connectivity index is 1.79. The minimum atomic E-state index is -0.249. The Hall–Kier alpha value is -2.43. The number of nitrogens with zero attached hydrogens (tertiary/aromatic N) is 3. The van der Waals surface area contributed by atoms with Crippen LogP contribution in [0, 0.1) is 6.92 Å². The van der Waals surface area contributed by atoms with Crippen LogP contribution in [0.15, 0.2) is 35.6 Å². The molecule has 0 amide bonds. The van der Waals surface area contributed by atoms with Crippen LogP contribution in [0.25, 0.3) is 0 Å². The molecule has 0 aliphatic carbocycles. The van der Waals surface area contributed by atoms with Gasteiger partial charge in [-0.25, -0.2) is 9.66 Å². The van der Waals surface area contributed by atoms with E-state index < -0.39 is 0 Å². The number of rotatable bonds is 3. The van der Waals surface area contributed by atoms with Gasteiger partial charge in [-0.05, 0) is 25.0 Å². The first-order valence-electron chi connectivity index (χ1n) is 7.35. The van der Waals surface area contributed by atoms with E-state index in [9.17, 15) is 4.79 Å². The smallest absolute Gasteiger partial charge is 0.312 e. The Labute approximate surface area is 129 Å². The topological polar surface area (TPSA) is 56.5 Å². The van der Waals surface area contributed by atoms with Crippen molar-refractivity contribution in [1.82, 2.24) is 9.66 Å². The lowest BCUT2D eigenvalue weighted by molar-refractivity contribution is -0.141. The SMILES string of the molecule is COC(=O)C(C)c1ccc(C2C=Nn3c(C)cnc3C2)cc1. The molecule has 1 aromatic heterocycles. The Morgan fingerprint density at radius 3 is 2.77 bits per heavy atom. The van der Waals surface area contributed by atoms with Crippen LogP contribution in [0.2, 0.25) is 0 Å². The van der Waals surface area contributed by atoms with Crippen LogP contribution >= 0.6 is 0 Å². The molecule has 0 N–H and O–H groups in total. The zero-order valence-corrected chi connectivity index (χ0v) is 13.0. The highest BCUT2D eigenvalue weighted by molar-refractivity contribution is 5.77. The first-order chi connectivity index (χ1) is 10.6. The molecule has 22 heavy (non-hydrogen) atoms. The van der Waals surface area contributed by atoms with Gasteiger partial charge < -0.3 is 4.74 Å². The van der Waals surface area contributed by atoms with Crippen molar-refractivity contribution in [3.63, 3.8) is 0 Å². The normalized spacial score (nSPS) is 17.9. The van der Waals surface area contributed by atoms with E-state index in [0.29, 0.717) is 0 Å². The molecule has 2 atom stereocenters. The number of ether oxygens (including phenoxy) is 1. The van der Waals surface area contributed by atoms with E-state index in [0.717, 1.165) is 23.5 Å². The third-order valence-electron chi connectivity index (χ3n) is 4.16. The van der Waals surface area contributed by atoms with Crippen LogP contribution in [0.5, 0.6) is 0 Å². The molecule has 5 nitrogen and oxygen atoms in total. The molecule has 5 heteroatoms. The first-order valence-corrected chi connectivity index (χ1v) is 7.35. The molecule has 2 aromatic rings. The van der Waals surface area contributed by atoms with Crippen molar-refractivity contribution in [2.75, 3.05) is 7.11 Å². The monoisotopic (exact) mass is 297 g/mol. The van der Waals surface area contributed by atoms with Gasteiger partial charge in [0.25, 0.3) is 0 Å². The second-order valence-corrected chi connectivity index (χ2v) is 5.61. The van der Waals surface area contributed by atoms with Crippen LogP contribution in [-0.4, -0.2) is 29.0 Å². The number of carbonyl (C=O) groups excluding carboxylic acids is 1. The quantitative estimate of drug-likeness (QED) is 0.818. The number of hydrogen-bond donors (Lipinski definition) is 0. The number of imidazole rings is 1. The fraction of sp³-hybridized carbons (Fsp3) is 0.353. The van der Waals surface area contributed by atoms with Gasteiger partial charge in [0.05, 0.1) is 24.9 Å². The van der Waals surface area contributed by atoms with Gasteiger partial charge in [-0.1, -0.05) is 24.3 Å². The van der Waals surface area contributed by atoms with Crippen LogP contribution in [0.3, 0.4) is 0 Å². The van der Waals surface area contributed by atoms with Gasteiger partial charge in [0.1, 0.15) is 5.82 Å². The Kier molecular flexibility index (Phi) is 3.79. The van der Waals surface area contributed by atoms with E-state index in [1.165, 1.54) is 12.7 Å². The summed E-state index contributed by atoms with van der Waals surface area (Å²) in [6.07, 6.45) is 4.64. The van der Waals surface area contributed by atoms with Crippen molar-refractivity contribution in [1.29, 1.82) is 0 Å². The van der Waals surface area contributed by atoms with Crippen LogP contribution in [0.1, 0.15) is 41.4 Å². The highest BCUT2D eigenvalue weighted by Gasteiger charge is 2.20. The second-order valence-electron chi connectivity index (χ2n) is 5.61. The zero-order valence-electron chi connectivity index (χ0n) is 13.0. The number of hydrogen-bond acceptors (Lipinski definition) is 4. The average molecular weight is 297 g/mol. The molecule has 1 aliphatic heterocycles. The third-order valence-corrected chi connectivity index (χ3v) is 4.16. The summed E-state index contributed by atoms with van der Waals surface area (Å²) < 4.78 is 6.66. The molecule has 0 radical (unpaired) electrons.